The normalized spacial score (nSPS) is 16.9. The van der Waals surface area contributed by atoms with Crippen LogP contribution in [0.5, 0.6) is 0 Å². The first-order valence-electron chi connectivity index (χ1n) is 7.43. The third kappa shape index (κ3) is 5.42. The number of hydrogen-bond donors (Lipinski definition) is 3. The molecule has 0 spiro atoms. The van der Waals surface area contributed by atoms with Crippen molar-refractivity contribution in [2.75, 3.05) is 20.6 Å². The van der Waals surface area contributed by atoms with Crippen LogP contribution in [0.15, 0.2) is 17.5 Å². The summed E-state index contributed by atoms with van der Waals surface area (Å²) in [7, 11) is -2.40. The fraction of sp³-hybridized carbons (Fsp3) is 0.385. The number of nitrogens with zero attached hydrogens (tertiary/aromatic N) is 2. The number of amides is 6. The van der Waals surface area contributed by atoms with E-state index in [0.29, 0.717) is 9.78 Å². The number of thiophene rings is 1. The maximum absolute atomic E-state index is 12.5. The first-order chi connectivity index (χ1) is 12.6. The third-order valence-electron chi connectivity index (χ3n) is 3.66. The van der Waals surface area contributed by atoms with E-state index in [1.165, 1.54) is 14.1 Å². The molecule has 0 aromatic carbocycles. The SMILES string of the molecule is CNC(=O)N(C)C(=O)NC(C(=O)NC1CN(S(=O)(=O)[O-])C1=O)c1cccs1.[Na+]. The van der Waals surface area contributed by atoms with E-state index in [9.17, 15) is 32.1 Å². The molecule has 148 valence electrons. The minimum absolute atomic E-state index is 0. The molecule has 1 saturated heterocycles. The van der Waals surface area contributed by atoms with Crippen molar-refractivity contribution in [1.29, 1.82) is 0 Å². The second kappa shape index (κ2) is 9.67. The van der Waals surface area contributed by atoms with Gasteiger partial charge in [-0.1, -0.05) is 6.07 Å². The van der Waals surface area contributed by atoms with E-state index in [1.807, 2.05) is 0 Å². The van der Waals surface area contributed by atoms with Crippen molar-refractivity contribution in [2.24, 2.45) is 0 Å². The van der Waals surface area contributed by atoms with Crippen LogP contribution in [0.4, 0.5) is 9.59 Å². The van der Waals surface area contributed by atoms with Crippen LogP contribution in [0.2, 0.25) is 0 Å². The zero-order valence-corrected chi connectivity index (χ0v) is 18.8. The molecule has 2 heterocycles. The number of hydrogen-bond acceptors (Lipinski definition) is 8. The molecule has 0 saturated carbocycles. The molecule has 1 aromatic heterocycles. The van der Waals surface area contributed by atoms with Gasteiger partial charge in [0.1, 0.15) is 12.1 Å². The van der Waals surface area contributed by atoms with Crippen LogP contribution in [-0.2, 0) is 19.9 Å². The van der Waals surface area contributed by atoms with Gasteiger partial charge >= 0.3 is 41.6 Å². The molecule has 12 nitrogen and oxygen atoms in total. The molecular formula is C13H16N5NaO7S2. The number of β-lactam (4-membered cyclic amide) rings is 1. The van der Waals surface area contributed by atoms with Crippen LogP contribution in [-0.4, -0.2) is 72.7 Å². The van der Waals surface area contributed by atoms with Crippen LogP contribution in [0.3, 0.4) is 0 Å². The van der Waals surface area contributed by atoms with Crippen LogP contribution < -0.4 is 45.5 Å². The number of nitrogens with one attached hydrogen (secondary N) is 3. The summed E-state index contributed by atoms with van der Waals surface area (Å²) in [6, 6.07) is -0.802. The molecule has 1 aliphatic rings. The molecule has 3 N–H and O–H groups in total. The average molecular weight is 441 g/mol. The van der Waals surface area contributed by atoms with Crippen molar-refractivity contribution in [3.63, 3.8) is 0 Å². The molecule has 1 aromatic rings. The summed E-state index contributed by atoms with van der Waals surface area (Å²) in [5.74, 6) is -1.85. The van der Waals surface area contributed by atoms with Crippen LogP contribution in [0, 0.1) is 0 Å². The summed E-state index contributed by atoms with van der Waals surface area (Å²) in [6.07, 6.45) is 0. The Labute approximate surface area is 186 Å². The first-order valence-corrected chi connectivity index (χ1v) is 9.67. The predicted molar refractivity (Wildman–Crippen MR) is 91.2 cm³/mol. The van der Waals surface area contributed by atoms with Crippen LogP contribution in [0.1, 0.15) is 10.9 Å². The van der Waals surface area contributed by atoms with Crippen molar-refractivity contribution in [3.05, 3.63) is 22.4 Å². The van der Waals surface area contributed by atoms with E-state index in [0.717, 1.165) is 11.3 Å². The van der Waals surface area contributed by atoms with E-state index in [-0.39, 0.29) is 33.9 Å². The van der Waals surface area contributed by atoms with Crippen molar-refractivity contribution >= 4 is 45.5 Å². The second-order valence-corrected chi connectivity index (χ2v) is 7.68. The Morgan fingerprint density at radius 3 is 2.46 bits per heavy atom. The van der Waals surface area contributed by atoms with Gasteiger partial charge in [-0.05, 0) is 11.4 Å². The smallest absolute Gasteiger partial charge is 0.731 e. The average Bonchev–Trinajstić information content (AvgIpc) is 3.13. The predicted octanol–water partition coefficient (Wildman–Crippen LogP) is -4.44. The molecule has 2 unspecified atom stereocenters. The monoisotopic (exact) mass is 441 g/mol. The fourth-order valence-corrected chi connectivity index (χ4v) is 3.61. The Bertz CT molecular complexity index is 861. The van der Waals surface area contributed by atoms with Gasteiger partial charge in [0.2, 0.25) is 5.91 Å². The summed E-state index contributed by atoms with van der Waals surface area (Å²) >= 11 is 1.15. The zero-order chi connectivity index (χ0) is 20.4. The van der Waals surface area contributed by atoms with Gasteiger partial charge in [-0.15, -0.1) is 11.3 Å². The van der Waals surface area contributed by atoms with Gasteiger partial charge in [0, 0.05) is 19.0 Å². The molecule has 28 heavy (non-hydrogen) atoms. The Hall–Kier alpha value is -1.71. The summed E-state index contributed by atoms with van der Waals surface area (Å²) < 4.78 is 32.6. The molecule has 15 heteroatoms. The third-order valence-corrected chi connectivity index (χ3v) is 5.47. The Kier molecular flexibility index (Phi) is 8.40. The standard InChI is InChI=1S/C13H17N5O7S2.Na/c1-14-12(21)17(2)13(22)16-9(8-4-3-5-26-8)10(19)15-7-6-18(11(7)20)27(23,24)25;/h3-5,7,9H,6H2,1-2H3,(H,14,21)(H,15,19)(H,16,22)(H,23,24,25);/q;+1/p-1. The van der Waals surface area contributed by atoms with Gasteiger partial charge in [-0.2, -0.15) is 0 Å². The van der Waals surface area contributed by atoms with Gasteiger partial charge in [-0.25, -0.2) is 27.2 Å². The van der Waals surface area contributed by atoms with Crippen molar-refractivity contribution < 1.29 is 61.7 Å². The number of carbonyl (C=O) groups is 4. The van der Waals surface area contributed by atoms with E-state index < -0.39 is 52.8 Å². The maximum atomic E-state index is 12.5. The summed E-state index contributed by atoms with van der Waals surface area (Å²) in [6.45, 7) is -0.486. The quantitative estimate of drug-likeness (QED) is 0.235. The molecule has 1 aliphatic heterocycles. The Balaban J connectivity index is 0.00000392. The van der Waals surface area contributed by atoms with Crippen LogP contribution >= 0.6 is 11.3 Å². The minimum atomic E-state index is -4.93. The van der Waals surface area contributed by atoms with E-state index in [1.54, 1.807) is 17.5 Å². The summed E-state index contributed by atoms with van der Waals surface area (Å²) in [4.78, 5) is 49.0. The van der Waals surface area contributed by atoms with Gasteiger partial charge in [-0.3, -0.25) is 9.59 Å². The molecule has 2 atom stereocenters. The van der Waals surface area contributed by atoms with Gasteiger partial charge < -0.3 is 20.5 Å². The zero-order valence-electron chi connectivity index (χ0n) is 15.2. The van der Waals surface area contributed by atoms with E-state index >= 15 is 0 Å². The van der Waals surface area contributed by atoms with Crippen molar-refractivity contribution in [1.82, 2.24) is 25.2 Å². The molecule has 1 fully saturated rings. The molecule has 0 radical (unpaired) electrons. The van der Waals surface area contributed by atoms with Gasteiger partial charge in [0.05, 0.1) is 6.54 Å². The second-order valence-electron chi connectivity index (χ2n) is 5.40. The largest absolute Gasteiger partial charge is 1.00 e. The molecule has 2 rings (SSSR count). The number of urea groups is 2. The number of rotatable bonds is 5. The summed E-state index contributed by atoms with van der Waals surface area (Å²) in [5.41, 5.74) is 0. The molecule has 0 aliphatic carbocycles. The first kappa shape index (κ1) is 24.3. The van der Waals surface area contributed by atoms with Gasteiger partial charge in [0.15, 0.2) is 10.3 Å². The molecule has 6 amide bonds. The minimum Gasteiger partial charge on any atom is -0.731 e. The molecule has 0 bridgehead atoms. The van der Waals surface area contributed by atoms with Crippen molar-refractivity contribution in [3.8, 4) is 0 Å². The maximum Gasteiger partial charge on any atom is 1.00 e. The fourth-order valence-electron chi connectivity index (χ4n) is 2.16. The van der Waals surface area contributed by atoms with E-state index in [4.69, 9.17) is 0 Å². The van der Waals surface area contributed by atoms with Gasteiger partial charge in [0.25, 0.3) is 5.91 Å². The number of carbonyl (C=O) groups excluding carboxylic acids is 4. The Morgan fingerprint density at radius 2 is 2.00 bits per heavy atom. The number of imide groups is 1. The van der Waals surface area contributed by atoms with Crippen LogP contribution in [0.25, 0.3) is 0 Å². The Morgan fingerprint density at radius 1 is 1.36 bits per heavy atom. The van der Waals surface area contributed by atoms with Crippen molar-refractivity contribution in [2.45, 2.75) is 12.1 Å². The van der Waals surface area contributed by atoms with E-state index in [2.05, 4.69) is 16.0 Å². The topological polar surface area (TPSA) is 168 Å². The summed E-state index contributed by atoms with van der Waals surface area (Å²) in [5, 5.41) is 8.55. The molecular weight excluding hydrogens is 425 g/mol.